The predicted molar refractivity (Wildman–Crippen MR) is 135 cm³/mol. The quantitative estimate of drug-likeness (QED) is 0.315. The summed E-state index contributed by atoms with van der Waals surface area (Å²) in [6, 6.07) is 9.56. The lowest BCUT2D eigenvalue weighted by molar-refractivity contribution is -0.137. The molecule has 3 heterocycles. The van der Waals surface area contributed by atoms with Crippen molar-refractivity contribution in [2.45, 2.75) is 32.0 Å². The van der Waals surface area contributed by atoms with Crippen LogP contribution in [0, 0.1) is 0 Å². The average molecular weight is 528 g/mol. The van der Waals surface area contributed by atoms with E-state index in [-0.39, 0.29) is 24.3 Å². The van der Waals surface area contributed by atoms with Crippen molar-refractivity contribution in [3.05, 3.63) is 83.3 Å². The van der Waals surface area contributed by atoms with E-state index in [1.54, 1.807) is 17.9 Å². The van der Waals surface area contributed by atoms with Gasteiger partial charge in [0.25, 0.3) is 0 Å². The van der Waals surface area contributed by atoms with Crippen LogP contribution in [-0.2, 0) is 35.8 Å². The van der Waals surface area contributed by atoms with Crippen molar-refractivity contribution in [1.29, 1.82) is 0 Å². The minimum atomic E-state index is -4.48. The zero-order chi connectivity index (χ0) is 27.3. The van der Waals surface area contributed by atoms with Crippen LogP contribution >= 0.6 is 0 Å². The van der Waals surface area contributed by atoms with Gasteiger partial charge in [-0.1, -0.05) is 24.8 Å². The highest BCUT2D eigenvalue weighted by Crippen LogP contribution is 2.29. The maximum absolute atomic E-state index is 12.8. The molecule has 0 bridgehead atoms. The monoisotopic (exact) mass is 527 g/mol. The number of halogens is 3. The van der Waals surface area contributed by atoms with Gasteiger partial charge in [0.15, 0.2) is 0 Å². The van der Waals surface area contributed by atoms with E-state index in [9.17, 15) is 18.0 Å². The molecular weight excluding hydrogens is 499 g/mol. The topological polar surface area (TPSA) is 81.8 Å². The third kappa shape index (κ3) is 6.39. The molecule has 0 atom stereocenters. The van der Waals surface area contributed by atoms with E-state index in [4.69, 9.17) is 9.47 Å². The SMILES string of the molecule is C=C(N=C(OC)c1cnn(C)c1COc1ccc(C(F)(F)F)cn1)c1cccc(CC(=O)N2CCCC2)c1. The molecule has 8 nitrogen and oxygen atoms in total. The van der Waals surface area contributed by atoms with Crippen molar-refractivity contribution >= 4 is 17.5 Å². The fraction of sp³-hybridized carbons (Fsp3) is 0.333. The number of likely N-dealkylation sites (tertiary alicyclic amines) is 1. The largest absolute Gasteiger partial charge is 0.480 e. The van der Waals surface area contributed by atoms with Crippen molar-refractivity contribution < 1.29 is 27.4 Å². The molecule has 2 aromatic heterocycles. The molecule has 0 radical (unpaired) electrons. The lowest BCUT2D eigenvalue weighted by Gasteiger charge is -2.15. The normalized spacial score (nSPS) is 14.0. The van der Waals surface area contributed by atoms with Crippen LogP contribution in [0.3, 0.4) is 0 Å². The maximum Gasteiger partial charge on any atom is 0.417 e. The zero-order valence-corrected chi connectivity index (χ0v) is 21.2. The third-order valence-electron chi connectivity index (χ3n) is 6.22. The number of methoxy groups -OCH3 is 1. The highest BCUT2D eigenvalue weighted by molar-refractivity contribution is 5.98. The Kier molecular flexibility index (Phi) is 8.13. The number of nitrogens with zero attached hydrogens (tertiary/aromatic N) is 5. The lowest BCUT2D eigenvalue weighted by Crippen LogP contribution is -2.29. The second-order valence-electron chi connectivity index (χ2n) is 8.83. The molecule has 1 aliphatic rings. The minimum absolute atomic E-state index is 0.0331. The number of amides is 1. The summed E-state index contributed by atoms with van der Waals surface area (Å²) in [4.78, 5) is 22.7. The number of aromatic nitrogens is 3. The van der Waals surface area contributed by atoms with Crippen LogP contribution in [0.25, 0.3) is 5.70 Å². The first-order valence-corrected chi connectivity index (χ1v) is 12.0. The lowest BCUT2D eigenvalue weighted by atomic mass is 10.1. The average Bonchev–Trinajstić information content (AvgIpc) is 3.56. The van der Waals surface area contributed by atoms with Crippen LogP contribution in [0.4, 0.5) is 13.2 Å². The Morgan fingerprint density at radius 2 is 1.92 bits per heavy atom. The predicted octanol–water partition coefficient (Wildman–Crippen LogP) is 4.64. The second kappa shape index (κ2) is 11.5. The summed E-state index contributed by atoms with van der Waals surface area (Å²) in [5, 5.41) is 4.24. The molecule has 0 spiro atoms. The molecule has 0 saturated carbocycles. The summed E-state index contributed by atoms with van der Waals surface area (Å²) in [5.74, 6) is 0.375. The van der Waals surface area contributed by atoms with Gasteiger partial charge in [0.2, 0.25) is 17.7 Å². The van der Waals surface area contributed by atoms with Crippen LogP contribution in [0.15, 0.2) is 60.4 Å². The molecule has 1 aromatic carbocycles. The van der Waals surface area contributed by atoms with Crippen molar-refractivity contribution in [3.63, 3.8) is 0 Å². The molecule has 200 valence electrons. The van der Waals surface area contributed by atoms with Crippen LogP contribution in [0.1, 0.15) is 40.8 Å². The Balaban J connectivity index is 1.48. The molecule has 38 heavy (non-hydrogen) atoms. The fourth-order valence-corrected chi connectivity index (χ4v) is 4.11. The summed E-state index contributed by atoms with van der Waals surface area (Å²) < 4.78 is 51.1. The summed E-state index contributed by atoms with van der Waals surface area (Å²) >= 11 is 0. The Morgan fingerprint density at radius 1 is 1.16 bits per heavy atom. The molecule has 4 rings (SSSR count). The maximum atomic E-state index is 12.8. The zero-order valence-electron chi connectivity index (χ0n) is 21.2. The highest BCUT2D eigenvalue weighted by atomic mass is 19.4. The molecule has 0 unspecified atom stereocenters. The van der Waals surface area contributed by atoms with Crippen LogP contribution in [-0.4, -0.2) is 51.7 Å². The van der Waals surface area contributed by atoms with E-state index >= 15 is 0 Å². The minimum Gasteiger partial charge on any atom is -0.480 e. The molecule has 1 fully saturated rings. The Labute approximate surface area is 218 Å². The number of aryl methyl sites for hydroxylation is 1. The van der Waals surface area contributed by atoms with Gasteiger partial charge in [-0.15, -0.1) is 0 Å². The van der Waals surface area contributed by atoms with Crippen molar-refractivity contribution in [2.24, 2.45) is 12.0 Å². The summed E-state index contributed by atoms with van der Waals surface area (Å²) in [6.07, 6.45) is 0.191. The van der Waals surface area contributed by atoms with Gasteiger partial charge in [0.1, 0.15) is 6.61 Å². The second-order valence-corrected chi connectivity index (χ2v) is 8.83. The molecule has 3 aromatic rings. The molecule has 1 aliphatic heterocycles. The van der Waals surface area contributed by atoms with E-state index in [1.165, 1.54) is 7.11 Å². The number of ether oxygens (including phenoxy) is 2. The van der Waals surface area contributed by atoms with Crippen molar-refractivity contribution in [3.8, 4) is 5.88 Å². The molecular formula is C27H28F3N5O3. The van der Waals surface area contributed by atoms with Gasteiger partial charge in [0, 0.05) is 32.4 Å². The number of benzene rings is 1. The number of hydrogen-bond acceptors (Lipinski definition) is 6. The van der Waals surface area contributed by atoms with E-state index in [2.05, 4.69) is 21.7 Å². The number of rotatable bonds is 8. The van der Waals surface area contributed by atoms with Crippen LogP contribution in [0.5, 0.6) is 5.88 Å². The molecule has 1 amide bonds. The van der Waals surface area contributed by atoms with Gasteiger partial charge in [-0.25, -0.2) is 9.98 Å². The number of carbonyl (C=O) groups excluding carboxylic acids is 1. The van der Waals surface area contributed by atoms with E-state index in [0.29, 0.717) is 23.4 Å². The van der Waals surface area contributed by atoms with Crippen LogP contribution in [0.2, 0.25) is 0 Å². The number of aliphatic imine (C=N–C) groups is 1. The number of pyridine rings is 1. The molecule has 1 saturated heterocycles. The standard InChI is InChI=1S/C27H28F3N5O3/c1-18(20-8-6-7-19(13-20)14-25(36)35-11-4-5-12-35)33-26(37-3)22-16-32-34(2)23(22)17-38-24-10-9-21(15-31-24)27(28,29)30/h6-10,13,15-16H,1,4-5,11-12,14,17H2,2-3H3. The Hall–Kier alpha value is -4.15. The number of alkyl halides is 3. The Bertz CT molecular complexity index is 1330. The summed E-state index contributed by atoms with van der Waals surface area (Å²) in [7, 11) is 3.16. The van der Waals surface area contributed by atoms with E-state index in [1.807, 2.05) is 29.2 Å². The van der Waals surface area contributed by atoms with Gasteiger partial charge < -0.3 is 14.4 Å². The number of hydrogen-bond donors (Lipinski definition) is 0. The molecule has 0 aliphatic carbocycles. The smallest absolute Gasteiger partial charge is 0.417 e. The highest BCUT2D eigenvalue weighted by Gasteiger charge is 2.30. The van der Waals surface area contributed by atoms with Gasteiger partial charge >= 0.3 is 6.18 Å². The van der Waals surface area contributed by atoms with Gasteiger partial charge in [-0.3, -0.25) is 9.48 Å². The van der Waals surface area contributed by atoms with Gasteiger partial charge in [0.05, 0.1) is 42.2 Å². The van der Waals surface area contributed by atoms with Crippen molar-refractivity contribution in [2.75, 3.05) is 20.2 Å². The van der Waals surface area contributed by atoms with Gasteiger partial charge in [-0.2, -0.15) is 18.3 Å². The summed E-state index contributed by atoms with van der Waals surface area (Å²) in [5.41, 5.74) is 2.28. The first-order valence-electron chi connectivity index (χ1n) is 12.0. The third-order valence-corrected chi connectivity index (χ3v) is 6.22. The fourth-order valence-electron chi connectivity index (χ4n) is 4.11. The number of carbonyl (C=O) groups is 1. The Morgan fingerprint density at radius 3 is 2.58 bits per heavy atom. The van der Waals surface area contributed by atoms with Gasteiger partial charge in [-0.05, 0) is 36.1 Å². The van der Waals surface area contributed by atoms with E-state index in [0.717, 1.165) is 55.4 Å². The first kappa shape index (κ1) is 26.9. The van der Waals surface area contributed by atoms with Crippen LogP contribution < -0.4 is 4.74 Å². The van der Waals surface area contributed by atoms with Crippen molar-refractivity contribution in [1.82, 2.24) is 19.7 Å². The summed E-state index contributed by atoms with van der Waals surface area (Å²) in [6.45, 7) is 5.64. The molecule has 0 N–H and O–H groups in total. The molecule has 11 heteroatoms. The first-order chi connectivity index (χ1) is 18.2. The van der Waals surface area contributed by atoms with E-state index < -0.39 is 11.7 Å².